The van der Waals surface area contributed by atoms with Crippen molar-refractivity contribution in [2.24, 2.45) is 0 Å². The maximum Gasteiger partial charge on any atom is 0.123 e. The Kier molecular flexibility index (Phi) is 4.26. The van der Waals surface area contributed by atoms with Gasteiger partial charge < -0.3 is 14.8 Å². The van der Waals surface area contributed by atoms with Gasteiger partial charge in [0.05, 0.1) is 0 Å². The van der Waals surface area contributed by atoms with E-state index >= 15 is 0 Å². The van der Waals surface area contributed by atoms with E-state index in [1.54, 1.807) is 13.0 Å². The van der Waals surface area contributed by atoms with Crippen molar-refractivity contribution in [1.82, 2.24) is 5.32 Å². The Labute approximate surface area is 118 Å². The van der Waals surface area contributed by atoms with Crippen molar-refractivity contribution >= 4 is 0 Å². The minimum atomic E-state index is -1.02. The molecular weight excluding hydrogens is 257 g/mol. The van der Waals surface area contributed by atoms with Gasteiger partial charge in [-0.2, -0.15) is 0 Å². The van der Waals surface area contributed by atoms with Crippen LogP contribution in [0.15, 0.2) is 34.7 Å². The lowest BCUT2D eigenvalue weighted by atomic mass is 9.96. The van der Waals surface area contributed by atoms with Gasteiger partial charge in [-0.05, 0) is 44.5 Å². The summed E-state index contributed by atoms with van der Waals surface area (Å²) in [6.45, 7) is 6.30. The first-order valence-corrected chi connectivity index (χ1v) is 6.63. The Balaban J connectivity index is 1.97. The Morgan fingerprint density at radius 3 is 2.65 bits per heavy atom. The number of aliphatic hydroxyl groups is 1. The van der Waals surface area contributed by atoms with Crippen LogP contribution in [-0.2, 0) is 12.1 Å². The second-order valence-electron chi connectivity index (χ2n) is 5.33. The van der Waals surface area contributed by atoms with Gasteiger partial charge in [0.25, 0.3) is 0 Å². The van der Waals surface area contributed by atoms with Crippen LogP contribution in [-0.4, -0.2) is 11.7 Å². The van der Waals surface area contributed by atoms with Gasteiger partial charge in [-0.15, -0.1) is 0 Å². The molecule has 1 unspecified atom stereocenters. The van der Waals surface area contributed by atoms with Gasteiger partial charge in [0.1, 0.15) is 22.9 Å². The van der Waals surface area contributed by atoms with Gasteiger partial charge in [-0.1, -0.05) is 12.1 Å². The second kappa shape index (κ2) is 5.77. The fourth-order valence-electron chi connectivity index (χ4n) is 2.36. The lowest BCUT2D eigenvalue weighted by Crippen LogP contribution is -2.35. The number of furan rings is 1. The second-order valence-corrected chi connectivity index (χ2v) is 5.33. The summed E-state index contributed by atoms with van der Waals surface area (Å²) in [7, 11) is 0. The number of aryl methyl sites for hydroxylation is 2. The van der Waals surface area contributed by atoms with Crippen LogP contribution < -0.4 is 5.32 Å². The predicted molar refractivity (Wildman–Crippen MR) is 75.9 cm³/mol. The zero-order valence-electron chi connectivity index (χ0n) is 12.0. The minimum Gasteiger partial charge on any atom is -0.466 e. The molecule has 3 nitrogen and oxygen atoms in total. The summed E-state index contributed by atoms with van der Waals surface area (Å²) >= 11 is 0. The molecule has 0 spiro atoms. The van der Waals surface area contributed by atoms with Crippen molar-refractivity contribution in [2.45, 2.75) is 32.9 Å². The van der Waals surface area contributed by atoms with E-state index in [9.17, 15) is 9.50 Å². The average Bonchev–Trinajstić information content (AvgIpc) is 2.69. The monoisotopic (exact) mass is 277 g/mol. The highest BCUT2D eigenvalue weighted by Gasteiger charge is 2.27. The molecule has 0 aliphatic heterocycles. The molecule has 0 bridgehead atoms. The molecule has 1 heterocycles. The molecule has 1 aromatic heterocycles. The molecule has 0 saturated carbocycles. The van der Waals surface area contributed by atoms with Crippen LogP contribution in [0.25, 0.3) is 0 Å². The molecule has 2 aromatic rings. The van der Waals surface area contributed by atoms with Crippen LogP contribution in [0.2, 0.25) is 0 Å². The quantitative estimate of drug-likeness (QED) is 0.883. The highest BCUT2D eigenvalue weighted by Crippen LogP contribution is 2.26. The van der Waals surface area contributed by atoms with E-state index in [0.717, 1.165) is 22.6 Å². The van der Waals surface area contributed by atoms with Crippen LogP contribution in [0.5, 0.6) is 0 Å². The van der Waals surface area contributed by atoms with Gasteiger partial charge in [0.2, 0.25) is 0 Å². The van der Waals surface area contributed by atoms with Crippen molar-refractivity contribution in [3.05, 3.63) is 58.8 Å². The molecule has 0 radical (unpaired) electrons. The van der Waals surface area contributed by atoms with E-state index in [0.29, 0.717) is 13.1 Å². The third-order valence-electron chi connectivity index (χ3n) is 3.31. The SMILES string of the molecule is Cc1cc(C(C)(O)CNCc2cccc(F)c2)c(C)o1. The number of halogens is 1. The fraction of sp³-hybridized carbons (Fsp3) is 0.375. The molecule has 1 atom stereocenters. The van der Waals surface area contributed by atoms with E-state index in [-0.39, 0.29) is 5.82 Å². The van der Waals surface area contributed by atoms with Crippen LogP contribution >= 0.6 is 0 Å². The summed E-state index contributed by atoms with van der Waals surface area (Å²) in [6, 6.07) is 8.26. The van der Waals surface area contributed by atoms with E-state index < -0.39 is 5.60 Å². The van der Waals surface area contributed by atoms with Crippen LogP contribution in [0.4, 0.5) is 4.39 Å². The number of hydrogen-bond acceptors (Lipinski definition) is 3. The third kappa shape index (κ3) is 3.46. The summed E-state index contributed by atoms with van der Waals surface area (Å²) in [5.74, 6) is 1.25. The highest BCUT2D eigenvalue weighted by molar-refractivity contribution is 5.27. The standard InChI is InChI=1S/C16H20FNO2/c1-11-7-15(12(2)20-11)16(3,19)10-18-9-13-5-4-6-14(17)8-13/h4-8,18-19H,9-10H2,1-3H3. The van der Waals surface area contributed by atoms with E-state index in [1.807, 2.05) is 26.0 Å². The van der Waals surface area contributed by atoms with Crippen molar-refractivity contribution in [3.8, 4) is 0 Å². The number of rotatable bonds is 5. The average molecular weight is 277 g/mol. The highest BCUT2D eigenvalue weighted by atomic mass is 19.1. The molecule has 1 aromatic carbocycles. The lowest BCUT2D eigenvalue weighted by Gasteiger charge is -2.23. The maximum atomic E-state index is 13.1. The molecule has 108 valence electrons. The number of nitrogens with one attached hydrogen (secondary N) is 1. The molecule has 20 heavy (non-hydrogen) atoms. The Bertz CT molecular complexity index is 590. The number of hydrogen-bond donors (Lipinski definition) is 2. The van der Waals surface area contributed by atoms with Crippen molar-refractivity contribution in [2.75, 3.05) is 6.54 Å². The summed E-state index contributed by atoms with van der Waals surface area (Å²) < 4.78 is 18.5. The molecule has 0 amide bonds. The van der Waals surface area contributed by atoms with Gasteiger partial charge in [-0.25, -0.2) is 4.39 Å². The summed E-state index contributed by atoms with van der Waals surface area (Å²) in [4.78, 5) is 0. The Hall–Kier alpha value is -1.65. The zero-order valence-corrected chi connectivity index (χ0v) is 12.0. The van der Waals surface area contributed by atoms with Crippen molar-refractivity contribution in [1.29, 1.82) is 0 Å². The minimum absolute atomic E-state index is 0.252. The molecular formula is C16H20FNO2. The molecule has 2 N–H and O–H groups in total. The fourth-order valence-corrected chi connectivity index (χ4v) is 2.36. The smallest absolute Gasteiger partial charge is 0.123 e. The largest absolute Gasteiger partial charge is 0.466 e. The van der Waals surface area contributed by atoms with Crippen LogP contribution in [0, 0.1) is 19.7 Å². The van der Waals surface area contributed by atoms with Gasteiger partial charge >= 0.3 is 0 Å². The molecule has 0 aliphatic carbocycles. The van der Waals surface area contributed by atoms with E-state index in [1.165, 1.54) is 12.1 Å². The van der Waals surface area contributed by atoms with Gasteiger partial charge in [0, 0.05) is 18.7 Å². The van der Waals surface area contributed by atoms with Crippen LogP contribution in [0.3, 0.4) is 0 Å². The van der Waals surface area contributed by atoms with Crippen LogP contribution in [0.1, 0.15) is 29.6 Å². The lowest BCUT2D eigenvalue weighted by molar-refractivity contribution is 0.0552. The molecule has 0 fully saturated rings. The Morgan fingerprint density at radius 2 is 2.05 bits per heavy atom. The Morgan fingerprint density at radius 1 is 1.30 bits per heavy atom. The summed E-state index contributed by atoms with van der Waals surface area (Å²) in [5.41, 5.74) is 0.609. The van der Waals surface area contributed by atoms with Crippen molar-refractivity contribution < 1.29 is 13.9 Å². The maximum absolute atomic E-state index is 13.1. The third-order valence-corrected chi connectivity index (χ3v) is 3.31. The predicted octanol–water partition coefficient (Wildman–Crippen LogP) is 3.03. The zero-order chi connectivity index (χ0) is 14.8. The normalized spacial score (nSPS) is 14.2. The van der Waals surface area contributed by atoms with Gasteiger partial charge in [0.15, 0.2) is 0 Å². The first-order chi connectivity index (χ1) is 9.38. The van der Waals surface area contributed by atoms with Crippen molar-refractivity contribution in [3.63, 3.8) is 0 Å². The molecule has 0 aliphatic rings. The van der Waals surface area contributed by atoms with Gasteiger partial charge in [-0.3, -0.25) is 0 Å². The van der Waals surface area contributed by atoms with E-state index in [2.05, 4.69) is 5.32 Å². The molecule has 2 rings (SSSR count). The first-order valence-electron chi connectivity index (χ1n) is 6.63. The number of benzene rings is 1. The van der Waals surface area contributed by atoms with E-state index in [4.69, 9.17) is 4.42 Å². The first kappa shape index (κ1) is 14.8. The summed E-state index contributed by atoms with van der Waals surface area (Å²) in [5, 5.41) is 13.7. The topological polar surface area (TPSA) is 45.4 Å². The summed E-state index contributed by atoms with van der Waals surface area (Å²) in [6.07, 6.45) is 0. The molecule has 4 heteroatoms. The molecule has 0 saturated heterocycles.